The van der Waals surface area contributed by atoms with Crippen LogP contribution in [0.1, 0.15) is 30.3 Å². The molecule has 1 atom stereocenters. The summed E-state index contributed by atoms with van der Waals surface area (Å²) >= 11 is 5.97. The van der Waals surface area contributed by atoms with Gasteiger partial charge in [0.1, 0.15) is 6.04 Å². The lowest BCUT2D eigenvalue weighted by molar-refractivity contribution is -0.394. The van der Waals surface area contributed by atoms with E-state index in [4.69, 9.17) is 14.2 Å². The lowest BCUT2D eigenvalue weighted by Crippen LogP contribution is -2.39. The van der Waals surface area contributed by atoms with Crippen LogP contribution in [0.4, 0.5) is 11.4 Å². The fourth-order valence-electron chi connectivity index (χ4n) is 4.54. The molecule has 13 nitrogen and oxygen atoms in total. The molecule has 2 aromatic carbocycles. The molecule has 0 spiro atoms. The number of carbonyl (C=O) groups is 1. The van der Waals surface area contributed by atoms with Gasteiger partial charge in [-0.05, 0) is 71.1 Å². The number of benzene rings is 2. The van der Waals surface area contributed by atoms with Gasteiger partial charge in [-0.25, -0.2) is 9.79 Å². The zero-order valence-corrected chi connectivity index (χ0v) is 26.4. The normalized spacial score (nSPS) is 14.5. The zero-order valence-electron chi connectivity index (χ0n) is 23.1. The first kappa shape index (κ1) is 30.8. The Kier molecular flexibility index (Phi) is 8.75. The van der Waals surface area contributed by atoms with Crippen LogP contribution in [0.3, 0.4) is 0 Å². The maximum Gasteiger partial charge on any atom is 0.338 e. The highest BCUT2D eigenvalue weighted by Gasteiger charge is 2.34. The number of nitro groups is 2. The summed E-state index contributed by atoms with van der Waals surface area (Å²) in [6, 6.07) is 9.21. The van der Waals surface area contributed by atoms with Crippen LogP contribution in [0, 0.1) is 20.2 Å². The number of fused-ring (bicyclic) bond motifs is 1. The van der Waals surface area contributed by atoms with Crippen LogP contribution in [0.2, 0.25) is 0 Å². The third-order valence-electron chi connectivity index (χ3n) is 6.44. The van der Waals surface area contributed by atoms with Crippen molar-refractivity contribution in [2.75, 3.05) is 13.7 Å². The number of nitro benzene ring substituents is 2. The van der Waals surface area contributed by atoms with E-state index in [0.717, 1.165) is 34.4 Å². The van der Waals surface area contributed by atoms with Gasteiger partial charge >= 0.3 is 11.7 Å². The Morgan fingerprint density at radius 3 is 2.57 bits per heavy atom. The number of allylic oxidation sites excluding steroid dienone is 1. The van der Waals surface area contributed by atoms with Crippen molar-refractivity contribution < 1.29 is 28.9 Å². The average molecular weight is 702 g/mol. The number of esters is 1. The maximum atomic E-state index is 13.8. The molecule has 0 radical (unpaired) electrons. The van der Waals surface area contributed by atoms with Gasteiger partial charge in [0.25, 0.3) is 11.2 Å². The number of thiophene rings is 1. The van der Waals surface area contributed by atoms with E-state index in [-0.39, 0.29) is 29.4 Å². The van der Waals surface area contributed by atoms with Crippen LogP contribution < -0.4 is 24.4 Å². The number of rotatable bonds is 9. The smallest absolute Gasteiger partial charge is 0.338 e. The molecule has 4 aromatic rings. The maximum absolute atomic E-state index is 13.8. The molecule has 0 saturated carbocycles. The molecule has 0 bridgehead atoms. The van der Waals surface area contributed by atoms with Crippen molar-refractivity contribution in [1.82, 2.24) is 4.57 Å². The van der Waals surface area contributed by atoms with E-state index in [1.165, 1.54) is 23.0 Å². The van der Waals surface area contributed by atoms with Crippen LogP contribution in [-0.2, 0) is 9.53 Å². The number of aromatic nitrogens is 1. The molecular weight excluding hydrogens is 680 g/mol. The summed E-state index contributed by atoms with van der Waals surface area (Å²) in [6.45, 7) is 3.59. The minimum atomic E-state index is -0.782. The summed E-state index contributed by atoms with van der Waals surface area (Å²) < 4.78 is 18.7. The van der Waals surface area contributed by atoms with Crippen LogP contribution in [-0.4, -0.2) is 34.1 Å². The van der Waals surface area contributed by atoms with E-state index >= 15 is 0 Å². The van der Waals surface area contributed by atoms with Gasteiger partial charge in [0.15, 0.2) is 16.3 Å². The topological polar surface area (TPSA) is 165 Å². The van der Waals surface area contributed by atoms with Crippen molar-refractivity contribution in [1.29, 1.82) is 0 Å². The van der Waals surface area contributed by atoms with E-state index in [0.29, 0.717) is 30.6 Å². The second-order valence-corrected chi connectivity index (χ2v) is 12.0. The highest BCUT2D eigenvalue weighted by atomic mass is 79.9. The largest absolute Gasteiger partial charge is 0.493 e. The number of halogens is 1. The Morgan fingerprint density at radius 2 is 1.93 bits per heavy atom. The van der Waals surface area contributed by atoms with Gasteiger partial charge in [-0.3, -0.25) is 29.6 Å². The van der Waals surface area contributed by atoms with E-state index in [9.17, 15) is 29.8 Å². The van der Waals surface area contributed by atoms with Gasteiger partial charge in [-0.2, -0.15) is 0 Å². The number of hydrogen-bond acceptors (Lipinski definition) is 12. The number of methoxy groups -OCH3 is 1. The molecule has 0 aliphatic carbocycles. The molecule has 0 amide bonds. The first-order chi connectivity index (χ1) is 21.0. The van der Waals surface area contributed by atoms with E-state index in [1.807, 2.05) is 17.5 Å². The molecule has 0 unspecified atom stereocenters. The SMILES string of the molecule is CCOC(=O)C1=C(C)N=c2s/c(=C\c3cc(Br)c(Oc4ccc([N+](=O)[O-])cc4[N+](=O)[O-])c(OC)c3)c(=O)n2[C@H]1c1cccs1. The molecule has 0 N–H and O–H groups in total. The first-order valence-corrected chi connectivity index (χ1v) is 15.2. The van der Waals surface area contributed by atoms with Crippen molar-refractivity contribution in [2.45, 2.75) is 19.9 Å². The van der Waals surface area contributed by atoms with Gasteiger partial charge in [0, 0.05) is 10.9 Å². The van der Waals surface area contributed by atoms with Crippen LogP contribution in [0.25, 0.3) is 6.08 Å². The summed E-state index contributed by atoms with van der Waals surface area (Å²) in [5.74, 6) is -0.528. The predicted octanol–water partition coefficient (Wildman–Crippen LogP) is 5.24. The third-order valence-corrected chi connectivity index (χ3v) is 8.94. The Hall–Kier alpha value is -4.67. The summed E-state index contributed by atoms with van der Waals surface area (Å²) in [5, 5.41) is 24.6. The second-order valence-electron chi connectivity index (χ2n) is 9.12. The molecule has 5 rings (SSSR count). The number of non-ortho nitro benzene ring substituents is 1. The summed E-state index contributed by atoms with van der Waals surface area (Å²) in [5.41, 5.74) is -0.147. The Bertz CT molecular complexity index is 2030. The van der Waals surface area contributed by atoms with Crippen molar-refractivity contribution >= 4 is 62.0 Å². The monoisotopic (exact) mass is 700 g/mol. The van der Waals surface area contributed by atoms with Crippen molar-refractivity contribution in [3.63, 3.8) is 0 Å². The molecule has 2 aromatic heterocycles. The van der Waals surface area contributed by atoms with Crippen LogP contribution in [0.15, 0.2) is 73.4 Å². The fourth-order valence-corrected chi connectivity index (χ4v) is 6.95. The molecule has 3 heterocycles. The third kappa shape index (κ3) is 5.78. The molecule has 16 heteroatoms. The molecule has 0 saturated heterocycles. The Labute approximate surface area is 264 Å². The molecule has 1 aliphatic rings. The fraction of sp³-hybridized carbons (Fsp3) is 0.179. The van der Waals surface area contributed by atoms with Gasteiger partial charge in [0.05, 0.1) is 49.9 Å². The second kappa shape index (κ2) is 12.5. The lowest BCUT2D eigenvalue weighted by Gasteiger charge is -2.23. The number of hydrogen-bond donors (Lipinski definition) is 0. The number of ether oxygens (including phenoxy) is 3. The van der Waals surface area contributed by atoms with Crippen molar-refractivity contribution in [3.05, 3.63) is 114 Å². The zero-order chi connectivity index (χ0) is 31.7. The van der Waals surface area contributed by atoms with Crippen molar-refractivity contribution in [2.24, 2.45) is 4.99 Å². The predicted molar refractivity (Wildman–Crippen MR) is 165 cm³/mol. The van der Waals surface area contributed by atoms with Gasteiger partial charge in [-0.1, -0.05) is 17.4 Å². The molecule has 1 aliphatic heterocycles. The molecule has 226 valence electrons. The van der Waals surface area contributed by atoms with Crippen LogP contribution in [0.5, 0.6) is 17.2 Å². The molecular formula is C28H21BrN4O9S2. The quantitative estimate of drug-likeness (QED) is 0.129. The Balaban J connectivity index is 1.59. The number of carbonyl (C=O) groups excluding carboxylic acids is 1. The van der Waals surface area contributed by atoms with Gasteiger partial charge in [0.2, 0.25) is 5.75 Å². The summed E-state index contributed by atoms with van der Waals surface area (Å²) in [7, 11) is 1.37. The minimum Gasteiger partial charge on any atom is -0.493 e. The molecule has 0 fully saturated rings. The van der Waals surface area contributed by atoms with Crippen molar-refractivity contribution in [3.8, 4) is 17.2 Å². The average Bonchev–Trinajstić information content (AvgIpc) is 3.62. The molecule has 44 heavy (non-hydrogen) atoms. The van der Waals surface area contributed by atoms with Gasteiger partial charge < -0.3 is 14.2 Å². The standard InChI is InChI=1S/C28H21BrN4O9S2/c1-4-41-27(35)23-14(2)30-28-31(24(23)21-6-5-9-43-21)26(34)22(44-28)12-15-10-17(29)25(20(11-15)40-3)42-19-8-7-16(32(36)37)13-18(19)33(38)39/h5-13,24H,4H2,1-3H3/b22-12-/t24-/m0/s1. The lowest BCUT2D eigenvalue weighted by atomic mass is 10.0. The highest BCUT2D eigenvalue weighted by molar-refractivity contribution is 9.10. The first-order valence-electron chi connectivity index (χ1n) is 12.7. The minimum absolute atomic E-state index is 0.0791. The summed E-state index contributed by atoms with van der Waals surface area (Å²) in [6.07, 6.45) is 1.63. The number of nitrogens with zero attached hydrogens (tertiary/aromatic N) is 4. The van der Waals surface area contributed by atoms with E-state index < -0.39 is 33.2 Å². The number of thiazole rings is 1. The highest BCUT2D eigenvalue weighted by Crippen LogP contribution is 2.43. The summed E-state index contributed by atoms with van der Waals surface area (Å²) in [4.78, 5) is 53.7. The van der Waals surface area contributed by atoms with Gasteiger partial charge in [-0.15, -0.1) is 11.3 Å². The Morgan fingerprint density at radius 1 is 1.16 bits per heavy atom. The van der Waals surface area contributed by atoms with Crippen LogP contribution >= 0.6 is 38.6 Å². The van der Waals surface area contributed by atoms with E-state index in [2.05, 4.69) is 20.9 Å². The van der Waals surface area contributed by atoms with E-state index in [1.54, 1.807) is 32.1 Å².